The Kier molecular flexibility index (Phi) is 19.3. The van der Waals surface area contributed by atoms with Gasteiger partial charge in [-0.2, -0.15) is 13.2 Å². The Labute approximate surface area is 288 Å². The number of nitrogens with zero attached hydrogens (tertiary/aromatic N) is 2. The van der Waals surface area contributed by atoms with E-state index in [1.54, 1.807) is 19.2 Å². The first-order valence-corrected chi connectivity index (χ1v) is 15.9. The van der Waals surface area contributed by atoms with Crippen LogP contribution in [0, 0.1) is 0 Å². The number of hydrogen-bond donors (Lipinski definition) is 2. The lowest BCUT2D eigenvalue weighted by Gasteiger charge is -2.19. The number of primary amides is 1. The van der Waals surface area contributed by atoms with E-state index >= 15 is 0 Å². The molecule has 3 N–H and O–H groups in total. The highest BCUT2D eigenvalue weighted by molar-refractivity contribution is 5.93. The Hall–Kier alpha value is -5.02. The molecule has 0 saturated heterocycles. The molecule has 0 saturated carbocycles. The molecule has 4 aromatic rings. The minimum atomic E-state index is -4.34. The van der Waals surface area contributed by atoms with Crippen molar-refractivity contribution < 1.29 is 27.9 Å². The number of carbonyl (C=O) groups is 2. The summed E-state index contributed by atoms with van der Waals surface area (Å²) in [6, 6.07) is 29.9. The van der Waals surface area contributed by atoms with Crippen LogP contribution in [0.15, 0.2) is 120 Å². The number of rotatable bonds is 10. The molecule has 0 atom stereocenters. The van der Waals surface area contributed by atoms with E-state index in [1.165, 1.54) is 52.9 Å². The van der Waals surface area contributed by atoms with Gasteiger partial charge in [-0.1, -0.05) is 104 Å². The van der Waals surface area contributed by atoms with Gasteiger partial charge in [0.15, 0.2) is 0 Å². The molecule has 0 aliphatic rings. The standard InChI is InChI=1S/C18H21NO2.C14H10F3NO.C6H12.C2H5N/c1-2-19(13-12-18(20)21)14-15-8-10-17(11-9-15)16-6-4-3-5-7-16;15-14(16,17)12-7-5-10(6-8-12)9-1-3-11(4-2-9)13(18)19;1-4-6(3)5-2;1-3-2/h3-11H,2,12-14H2,1H3,(H,20,21);1-8H,(H2,18,19);4H,5H2,1-3H3;1H2,2H3/b;;6-4-;. The van der Waals surface area contributed by atoms with Crippen molar-refractivity contribution in [3.05, 3.63) is 131 Å². The molecule has 4 aromatic carbocycles. The molecule has 0 aliphatic carbocycles. The largest absolute Gasteiger partial charge is 0.481 e. The highest BCUT2D eigenvalue weighted by Crippen LogP contribution is 2.31. The highest BCUT2D eigenvalue weighted by atomic mass is 19.4. The van der Waals surface area contributed by atoms with Crippen molar-refractivity contribution in [3.63, 3.8) is 0 Å². The summed E-state index contributed by atoms with van der Waals surface area (Å²) in [5.74, 6) is -1.29. The maximum absolute atomic E-state index is 12.4. The van der Waals surface area contributed by atoms with Gasteiger partial charge in [0.2, 0.25) is 5.91 Å². The third-order valence-electron chi connectivity index (χ3n) is 7.32. The number of alkyl halides is 3. The molecular formula is C40H48F3N3O3. The molecule has 0 fully saturated rings. The summed E-state index contributed by atoms with van der Waals surface area (Å²) < 4.78 is 37.2. The van der Waals surface area contributed by atoms with Crippen LogP contribution in [-0.2, 0) is 17.5 Å². The van der Waals surface area contributed by atoms with Crippen molar-refractivity contribution in [3.8, 4) is 22.3 Å². The van der Waals surface area contributed by atoms with Gasteiger partial charge in [0, 0.05) is 25.7 Å². The van der Waals surface area contributed by atoms with Crippen LogP contribution in [0.2, 0.25) is 0 Å². The molecule has 0 aromatic heterocycles. The molecule has 9 heteroatoms. The van der Waals surface area contributed by atoms with E-state index in [9.17, 15) is 22.8 Å². The second kappa shape index (κ2) is 22.5. The van der Waals surface area contributed by atoms with Gasteiger partial charge in [0.25, 0.3) is 0 Å². The number of aliphatic imine (C=N–C) groups is 1. The molecule has 262 valence electrons. The van der Waals surface area contributed by atoms with Crippen LogP contribution in [0.25, 0.3) is 22.3 Å². The first-order valence-electron chi connectivity index (χ1n) is 15.9. The minimum absolute atomic E-state index is 0.190. The molecule has 0 unspecified atom stereocenters. The summed E-state index contributed by atoms with van der Waals surface area (Å²) in [6.45, 7) is 13.8. The SMILES string of the molecule is C/C=C(/C)CC.C=NC.CCN(CCC(=O)O)Cc1ccc(-c2ccccc2)cc1.NC(=O)c1ccc(-c2ccc(C(F)(F)F)cc2)cc1. The second-order valence-corrected chi connectivity index (χ2v) is 10.9. The van der Waals surface area contributed by atoms with E-state index < -0.39 is 23.6 Å². The Balaban J connectivity index is 0.000000395. The average Bonchev–Trinajstić information content (AvgIpc) is 3.11. The van der Waals surface area contributed by atoms with E-state index in [2.05, 4.69) is 86.8 Å². The Morgan fingerprint density at radius 1 is 0.837 bits per heavy atom. The minimum Gasteiger partial charge on any atom is -0.481 e. The van der Waals surface area contributed by atoms with E-state index in [4.69, 9.17) is 10.8 Å². The highest BCUT2D eigenvalue weighted by Gasteiger charge is 2.29. The molecule has 6 nitrogen and oxygen atoms in total. The molecule has 0 bridgehead atoms. The molecule has 0 aliphatic heterocycles. The fraction of sp³-hybridized carbons (Fsp3) is 0.275. The zero-order valence-electron chi connectivity index (χ0n) is 29.0. The number of aliphatic carboxylic acids is 1. The Morgan fingerprint density at radius 3 is 1.65 bits per heavy atom. The molecular weight excluding hydrogens is 627 g/mol. The normalized spacial score (nSPS) is 10.8. The molecule has 0 radical (unpaired) electrons. The molecule has 0 spiro atoms. The van der Waals surface area contributed by atoms with E-state index in [-0.39, 0.29) is 6.42 Å². The third kappa shape index (κ3) is 16.6. The van der Waals surface area contributed by atoms with Gasteiger partial charge < -0.3 is 15.8 Å². The van der Waals surface area contributed by atoms with Gasteiger partial charge >= 0.3 is 12.1 Å². The predicted molar refractivity (Wildman–Crippen MR) is 196 cm³/mol. The van der Waals surface area contributed by atoms with Crippen molar-refractivity contribution in [2.24, 2.45) is 10.7 Å². The Bertz CT molecular complexity index is 1570. The van der Waals surface area contributed by atoms with Gasteiger partial charge in [-0.25, -0.2) is 0 Å². The summed E-state index contributed by atoms with van der Waals surface area (Å²) in [5, 5.41) is 8.76. The quantitative estimate of drug-likeness (QED) is 0.129. The summed E-state index contributed by atoms with van der Waals surface area (Å²) in [7, 11) is 1.64. The van der Waals surface area contributed by atoms with Gasteiger partial charge in [-0.3, -0.25) is 14.5 Å². The number of carboxylic acid groups (broad SMARTS) is 1. The number of nitrogens with two attached hydrogens (primary N) is 1. The summed E-state index contributed by atoms with van der Waals surface area (Å²) in [4.78, 5) is 26.9. The molecule has 49 heavy (non-hydrogen) atoms. The monoisotopic (exact) mass is 675 g/mol. The lowest BCUT2D eigenvalue weighted by molar-refractivity contribution is -0.138. The van der Waals surface area contributed by atoms with Crippen molar-refractivity contribution in [2.45, 2.75) is 53.3 Å². The van der Waals surface area contributed by atoms with Crippen molar-refractivity contribution in [2.75, 3.05) is 20.1 Å². The molecule has 4 rings (SSSR count). The number of carbonyl (C=O) groups excluding carboxylic acids is 1. The fourth-order valence-electron chi connectivity index (χ4n) is 4.18. The maximum atomic E-state index is 12.4. The van der Waals surface area contributed by atoms with E-state index in [0.717, 1.165) is 30.8 Å². The van der Waals surface area contributed by atoms with E-state index in [1.807, 2.05) is 18.2 Å². The average molecular weight is 676 g/mol. The lowest BCUT2D eigenvalue weighted by atomic mass is 10.0. The van der Waals surface area contributed by atoms with Crippen LogP contribution in [-0.4, -0.2) is 48.7 Å². The smallest absolute Gasteiger partial charge is 0.416 e. The number of amides is 1. The number of hydrogen-bond acceptors (Lipinski definition) is 4. The fourth-order valence-corrected chi connectivity index (χ4v) is 4.18. The van der Waals surface area contributed by atoms with Crippen molar-refractivity contribution >= 4 is 18.6 Å². The van der Waals surface area contributed by atoms with Gasteiger partial charge in [-0.05, 0) is 85.6 Å². The van der Waals surface area contributed by atoms with Gasteiger partial charge in [0.05, 0.1) is 12.0 Å². The summed E-state index contributed by atoms with van der Waals surface area (Å²) >= 11 is 0. The maximum Gasteiger partial charge on any atom is 0.416 e. The van der Waals surface area contributed by atoms with Crippen LogP contribution in [0.3, 0.4) is 0 Å². The van der Waals surface area contributed by atoms with Gasteiger partial charge in [-0.15, -0.1) is 0 Å². The molecule has 1 amide bonds. The van der Waals surface area contributed by atoms with Crippen LogP contribution in [0.5, 0.6) is 0 Å². The van der Waals surface area contributed by atoms with Crippen LogP contribution < -0.4 is 5.73 Å². The third-order valence-corrected chi connectivity index (χ3v) is 7.32. The number of carboxylic acids is 1. The number of halogens is 3. The van der Waals surface area contributed by atoms with Gasteiger partial charge in [0.1, 0.15) is 0 Å². The van der Waals surface area contributed by atoms with Crippen LogP contribution >= 0.6 is 0 Å². The topological polar surface area (TPSA) is 96.0 Å². The Morgan fingerprint density at radius 2 is 1.29 bits per heavy atom. The zero-order valence-corrected chi connectivity index (χ0v) is 29.0. The van der Waals surface area contributed by atoms with E-state index in [0.29, 0.717) is 17.7 Å². The summed E-state index contributed by atoms with van der Waals surface area (Å²) in [6.07, 6.45) is -0.819. The molecule has 0 heterocycles. The lowest BCUT2D eigenvalue weighted by Crippen LogP contribution is -2.25. The number of allylic oxidation sites excluding steroid dienone is 2. The van der Waals surface area contributed by atoms with Crippen LogP contribution in [0.4, 0.5) is 13.2 Å². The predicted octanol–water partition coefficient (Wildman–Crippen LogP) is 9.80. The number of benzene rings is 4. The van der Waals surface area contributed by atoms with Crippen molar-refractivity contribution in [1.82, 2.24) is 4.90 Å². The first kappa shape index (κ1) is 42.0. The second-order valence-electron chi connectivity index (χ2n) is 10.9. The first-order chi connectivity index (χ1) is 23.3. The zero-order chi connectivity index (χ0) is 36.8. The van der Waals surface area contributed by atoms with Crippen LogP contribution in [0.1, 0.15) is 62.0 Å². The van der Waals surface area contributed by atoms with Crippen molar-refractivity contribution in [1.29, 1.82) is 0 Å². The summed E-state index contributed by atoms with van der Waals surface area (Å²) in [5.41, 5.74) is 11.2.